The number of aryl methyl sites for hydroxylation is 1. The summed E-state index contributed by atoms with van der Waals surface area (Å²) in [6, 6.07) is 15.5. The summed E-state index contributed by atoms with van der Waals surface area (Å²) in [5, 5.41) is 12.5. The summed E-state index contributed by atoms with van der Waals surface area (Å²) in [4.78, 5) is 11.9. The number of anilines is 1. The van der Waals surface area contributed by atoms with Crippen LogP contribution in [0.3, 0.4) is 0 Å². The van der Waals surface area contributed by atoms with Crippen LogP contribution in [0.2, 0.25) is 0 Å². The van der Waals surface area contributed by atoms with Crippen molar-refractivity contribution in [3.63, 3.8) is 0 Å². The second kappa shape index (κ2) is 9.29. The van der Waals surface area contributed by atoms with Crippen LogP contribution in [0.5, 0.6) is 0 Å². The fourth-order valence-electron chi connectivity index (χ4n) is 3.56. The summed E-state index contributed by atoms with van der Waals surface area (Å²) in [7, 11) is 2.13. The van der Waals surface area contributed by atoms with Gasteiger partial charge in [0.2, 0.25) is 0 Å². The van der Waals surface area contributed by atoms with E-state index in [1.54, 1.807) is 11.9 Å². The van der Waals surface area contributed by atoms with E-state index in [9.17, 15) is 4.79 Å². The summed E-state index contributed by atoms with van der Waals surface area (Å²) in [6.07, 6.45) is 4.14. The Labute approximate surface area is 166 Å². The van der Waals surface area contributed by atoms with Gasteiger partial charge in [0.25, 0.3) is 0 Å². The lowest BCUT2D eigenvalue weighted by Gasteiger charge is -2.22. The Bertz CT molecular complexity index is 794. The van der Waals surface area contributed by atoms with Crippen molar-refractivity contribution in [2.45, 2.75) is 50.0 Å². The van der Waals surface area contributed by atoms with Crippen molar-refractivity contribution >= 4 is 23.6 Å². The van der Waals surface area contributed by atoms with Gasteiger partial charge >= 0.3 is 5.97 Å². The van der Waals surface area contributed by atoms with Gasteiger partial charge in [0, 0.05) is 18.4 Å². The fraction of sp³-hybridized carbons (Fsp3) is 0.409. The Balaban J connectivity index is 1.71. The molecular weight excluding hydrogens is 356 g/mol. The van der Waals surface area contributed by atoms with E-state index in [1.165, 1.54) is 27.3 Å². The smallest absolute Gasteiger partial charge is 0.303 e. The number of hydrogen-bond donors (Lipinski definition) is 2. The summed E-state index contributed by atoms with van der Waals surface area (Å²) in [6.45, 7) is 3.06. The van der Waals surface area contributed by atoms with Gasteiger partial charge in [0.05, 0.1) is 11.7 Å². The van der Waals surface area contributed by atoms with Crippen LogP contribution in [0.4, 0.5) is 5.69 Å². The predicted molar refractivity (Wildman–Crippen MR) is 112 cm³/mol. The number of hydrogen-bond acceptors (Lipinski definition) is 4. The van der Waals surface area contributed by atoms with Crippen molar-refractivity contribution in [2.24, 2.45) is 0 Å². The Morgan fingerprint density at radius 3 is 2.70 bits per heavy atom. The number of unbranched alkanes of at least 4 members (excludes halogenated alkanes) is 3. The minimum absolute atomic E-state index is 0.174. The van der Waals surface area contributed by atoms with Crippen molar-refractivity contribution < 1.29 is 9.90 Å². The first-order valence-electron chi connectivity index (χ1n) is 9.62. The second-order valence-corrected chi connectivity index (χ2v) is 8.30. The van der Waals surface area contributed by atoms with Crippen LogP contribution in [-0.2, 0) is 4.79 Å². The molecule has 0 saturated carbocycles. The number of benzene rings is 2. The SMILES string of the molecule is Cc1ccc2c(c1)SN(C)c1ccccc1C2NCCCCCCC(=O)O. The Hall–Kier alpha value is -1.98. The lowest BCUT2D eigenvalue weighted by atomic mass is 9.96. The normalized spacial score (nSPS) is 15.8. The summed E-state index contributed by atoms with van der Waals surface area (Å²) in [5.74, 6) is -0.697. The van der Waals surface area contributed by atoms with Crippen LogP contribution in [0.15, 0.2) is 47.4 Å². The molecule has 0 aliphatic carbocycles. The fourth-order valence-corrected chi connectivity index (χ4v) is 4.65. The number of carboxylic acid groups (broad SMARTS) is 1. The van der Waals surface area contributed by atoms with Crippen LogP contribution in [0.25, 0.3) is 0 Å². The monoisotopic (exact) mass is 384 g/mol. The zero-order valence-corrected chi connectivity index (χ0v) is 16.9. The van der Waals surface area contributed by atoms with Crippen LogP contribution >= 0.6 is 11.9 Å². The number of aliphatic carboxylic acids is 1. The quantitative estimate of drug-likeness (QED) is 0.486. The molecule has 2 N–H and O–H groups in total. The van der Waals surface area contributed by atoms with Gasteiger partial charge in [-0.05, 0) is 67.1 Å². The lowest BCUT2D eigenvalue weighted by molar-refractivity contribution is -0.137. The van der Waals surface area contributed by atoms with E-state index < -0.39 is 5.97 Å². The van der Waals surface area contributed by atoms with Crippen molar-refractivity contribution in [3.8, 4) is 0 Å². The molecule has 1 aliphatic heterocycles. The molecule has 5 heteroatoms. The van der Waals surface area contributed by atoms with Gasteiger partial charge in [-0.25, -0.2) is 0 Å². The maximum absolute atomic E-state index is 10.6. The highest BCUT2D eigenvalue weighted by Crippen LogP contribution is 2.43. The van der Waals surface area contributed by atoms with Crippen LogP contribution < -0.4 is 9.62 Å². The third-order valence-electron chi connectivity index (χ3n) is 4.97. The summed E-state index contributed by atoms with van der Waals surface area (Å²) >= 11 is 1.78. The van der Waals surface area contributed by atoms with Crippen LogP contribution in [0.1, 0.15) is 54.8 Å². The topological polar surface area (TPSA) is 52.6 Å². The van der Waals surface area contributed by atoms with Gasteiger partial charge in [-0.1, -0.05) is 43.2 Å². The van der Waals surface area contributed by atoms with Gasteiger partial charge in [-0.3, -0.25) is 4.79 Å². The molecule has 0 bridgehead atoms. The first kappa shape index (κ1) is 19.8. The molecule has 1 heterocycles. The zero-order valence-electron chi connectivity index (χ0n) is 16.1. The van der Waals surface area contributed by atoms with E-state index in [4.69, 9.17) is 5.11 Å². The van der Waals surface area contributed by atoms with E-state index in [0.29, 0.717) is 0 Å². The Morgan fingerprint density at radius 1 is 1.11 bits per heavy atom. The molecule has 1 atom stereocenters. The van der Waals surface area contributed by atoms with E-state index in [2.05, 4.69) is 66.1 Å². The molecule has 0 amide bonds. The zero-order chi connectivity index (χ0) is 19.2. The molecule has 2 aromatic rings. The number of rotatable bonds is 8. The Kier molecular flexibility index (Phi) is 6.80. The molecule has 0 aromatic heterocycles. The molecule has 1 aliphatic rings. The average molecular weight is 385 g/mol. The van der Waals surface area contributed by atoms with Crippen molar-refractivity contribution in [1.29, 1.82) is 0 Å². The van der Waals surface area contributed by atoms with Gasteiger partial charge in [-0.15, -0.1) is 0 Å². The van der Waals surface area contributed by atoms with Crippen molar-refractivity contribution in [3.05, 3.63) is 59.2 Å². The largest absolute Gasteiger partial charge is 0.481 e. The van der Waals surface area contributed by atoms with E-state index in [1.807, 2.05) is 0 Å². The van der Waals surface area contributed by atoms with Gasteiger partial charge in [-0.2, -0.15) is 0 Å². The number of nitrogens with one attached hydrogen (secondary N) is 1. The summed E-state index contributed by atoms with van der Waals surface area (Å²) in [5.41, 5.74) is 5.15. The number of nitrogens with zero attached hydrogens (tertiary/aromatic N) is 1. The lowest BCUT2D eigenvalue weighted by Crippen LogP contribution is -2.24. The molecule has 4 nitrogen and oxygen atoms in total. The van der Waals surface area contributed by atoms with Crippen LogP contribution in [-0.4, -0.2) is 24.7 Å². The highest BCUT2D eigenvalue weighted by molar-refractivity contribution is 8.00. The first-order valence-corrected chi connectivity index (χ1v) is 10.4. The molecule has 0 saturated heterocycles. The van der Waals surface area contributed by atoms with E-state index in [0.717, 1.165) is 32.2 Å². The second-order valence-electron chi connectivity index (χ2n) is 7.13. The molecule has 144 valence electrons. The Morgan fingerprint density at radius 2 is 1.89 bits per heavy atom. The molecule has 0 radical (unpaired) electrons. The van der Waals surface area contributed by atoms with Crippen molar-refractivity contribution in [2.75, 3.05) is 17.9 Å². The standard InChI is InChI=1S/C22H28N2O2S/c1-16-12-13-18-20(15-16)27-24(2)19-10-7-6-9-17(19)22(18)23-14-8-4-3-5-11-21(25)26/h6-7,9-10,12-13,15,22-23H,3-5,8,11,14H2,1-2H3,(H,25,26). The van der Waals surface area contributed by atoms with Crippen LogP contribution in [0, 0.1) is 6.92 Å². The molecule has 0 spiro atoms. The molecule has 3 rings (SSSR count). The molecule has 27 heavy (non-hydrogen) atoms. The number of para-hydroxylation sites is 1. The number of fused-ring (bicyclic) bond motifs is 2. The van der Waals surface area contributed by atoms with Gasteiger partial charge in [0.15, 0.2) is 0 Å². The molecular formula is C22H28N2O2S. The molecule has 1 unspecified atom stereocenters. The highest BCUT2D eigenvalue weighted by atomic mass is 32.2. The number of carboxylic acids is 1. The van der Waals surface area contributed by atoms with Gasteiger partial charge in [0.1, 0.15) is 0 Å². The molecule has 0 fully saturated rings. The minimum atomic E-state index is -0.697. The third-order valence-corrected chi connectivity index (χ3v) is 5.99. The maximum atomic E-state index is 10.6. The van der Waals surface area contributed by atoms with Crippen molar-refractivity contribution in [1.82, 2.24) is 5.32 Å². The molecule has 2 aromatic carbocycles. The third kappa shape index (κ3) is 5.05. The first-order chi connectivity index (χ1) is 13.1. The van der Waals surface area contributed by atoms with E-state index >= 15 is 0 Å². The number of carbonyl (C=O) groups is 1. The van der Waals surface area contributed by atoms with E-state index in [-0.39, 0.29) is 12.5 Å². The van der Waals surface area contributed by atoms with Gasteiger partial charge < -0.3 is 14.7 Å². The predicted octanol–water partition coefficient (Wildman–Crippen LogP) is 5.17. The average Bonchev–Trinajstić information content (AvgIpc) is 2.75. The highest BCUT2D eigenvalue weighted by Gasteiger charge is 2.26. The summed E-state index contributed by atoms with van der Waals surface area (Å²) < 4.78 is 2.25. The maximum Gasteiger partial charge on any atom is 0.303 e. The minimum Gasteiger partial charge on any atom is -0.481 e.